The summed E-state index contributed by atoms with van der Waals surface area (Å²) in [4.78, 5) is 0. The molecular weight excluding hydrogens is 212 g/mol. The smallest absolute Gasteiger partial charge is 0.199 e. The molecule has 0 aromatic heterocycles. The van der Waals surface area contributed by atoms with E-state index in [1.54, 1.807) is 0 Å². The lowest BCUT2D eigenvalue weighted by atomic mass is 9.96. The van der Waals surface area contributed by atoms with Crippen molar-refractivity contribution in [2.45, 2.75) is 52.0 Å². The Bertz CT molecular complexity index is 267. The molecule has 1 saturated carbocycles. The van der Waals surface area contributed by atoms with E-state index in [2.05, 4.69) is 4.72 Å². The van der Waals surface area contributed by atoms with Gasteiger partial charge in [0.1, 0.15) is 0 Å². The van der Waals surface area contributed by atoms with Gasteiger partial charge in [0.15, 0.2) is 0 Å². The van der Waals surface area contributed by atoms with Gasteiger partial charge in [-0.15, -0.1) is 0 Å². The van der Waals surface area contributed by atoms with E-state index in [1.807, 2.05) is 13.8 Å². The molecule has 1 fully saturated rings. The van der Waals surface area contributed by atoms with Crippen molar-refractivity contribution in [3.63, 3.8) is 0 Å². The number of rotatable bonds is 5. The van der Waals surface area contributed by atoms with E-state index in [0.29, 0.717) is 13.1 Å². The van der Waals surface area contributed by atoms with Crippen molar-refractivity contribution in [3.05, 3.63) is 0 Å². The minimum atomic E-state index is -3.24. The maximum absolute atomic E-state index is 11.9. The molecule has 0 spiro atoms. The minimum absolute atomic E-state index is 0.157. The Morgan fingerprint density at radius 3 is 2.13 bits per heavy atom. The highest BCUT2D eigenvalue weighted by Crippen LogP contribution is 2.18. The monoisotopic (exact) mass is 234 g/mol. The zero-order valence-electron chi connectivity index (χ0n) is 9.70. The van der Waals surface area contributed by atoms with Crippen LogP contribution in [0.1, 0.15) is 46.0 Å². The summed E-state index contributed by atoms with van der Waals surface area (Å²) in [6.07, 6.45) is 5.50. The molecule has 0 unspecified atom stereocenters. The van der Waals surface area contributed by atoms with Crippen LogP contribution in [-0.4, -0.2) is 31.9 Å². The third kappa shape index (κ3) is 3.74. The van der Waals surface area contributed by atoms with Crippen molar-refractivity contribution in [2.24, 2.45) is 0 Å². The molecule has 1 rings (SSSR count). The van der Waals surface area contributed by atoms with Crippen LogP contribution in [0.2, 0.25) is 0 Å². The topological polar surface area (TPSA) is 49.4 Å². The van der Waals surface area contributed by atoms with E-state index in [4.69, 9.17) is 0 Å². The van der Waals surface area contributed by atoms with Crippen molar-refractivity contribution in [1.82, 2.24) is 9.03 Å². The molecule has 0 atom stereocenters. The molecule has 1 N–H and O–H groups in total. The molecule has 0 aromatic carbocycles. The second-order valence-corrected chi connectivity index (χ2v) is 5.74. The highest BCUT2D eigenvalue weighted by molar-refractivity contribution is 7.87. The normalized spacial score (nSPS) is 19.7. The summed E-state index contributed by atoms with van der Waals surface area (Å²) in [5.74, 6) is 0. The molecule has 1 aliphatic rings. The lowest BCUT2D eigenvalue weighted by Gasteiger charge is -2.26. The van der Waals surface area contributed by atoms with E-state index in [-0.39, 0.29) is 6.04 Å². The van der Waals surface area contributed by atoms with Crippen LogP contribution in [-0.2, 0) is 10.2 Å². The average Bonchev–Trinajstić information content (AvgIpc) is 2.19. The van der Waals surface area contributed by atoms with Gasteiger partial charge in [-0.2, -0.15) is 17.4 Å². The summed E-state index contributed by atoms with van der Waals surface area (Å²) in [5, 5.41) is 0. The fraction of sp³-hybridized carbons (Fsp3) is 1.00. The molecule has 0 amide bonds. The Labute approximate surface area is 93.2 Å². The number of nitrogens with one attached hydrogen (secondary N) is 1. The van der Waals surface area contributed by atoms with Crippen LogP contribution in [0.15, 0.2) is 0 Å². The van der Waals surface area contributed by atoms with Gasteiger partial charge in [-0.3, -0.25) is 0 Å². The second kappa shape index (κ2) is 5.82. The number of nitrogens with zero attached hydrogens (tertiary/aromatic N) is 1. The van der Waals surface area contributed by atoms with E-state index in [9.17, 15) is 8.42 Å². The molecule has 5 heteroatoms. The van der Waals surface area contributed by atoms with Crippen molar-refractivity contribution in [1.29, 1.82) is 0 Å². The summed E-state index contributed by atoms with van der Waals surface area (Å²) in [7, 11) is -3.24. The highest BCUT2D eigenvalue weighted by atomic mass is 32.2. The molecular formula is C10H22N2O2S. The van der Waals surface area contributed by atoms with Gasteiger partial charge in [-0.05, 0) is 12.8 Å². The molecule has 1 aliphatic carbocycles. The molecule has 0 aromatic rings. The number of hydrogen-bond acceptors (Lipinski definition) is 2. The minimum Gasteiger partial charge on any atom is -0.199 e. The Morgan fingerprint density at radius 2 is 1.67 bits per heavy atom. The first-order valence-corrected chi connectivity index (χ1v) is 7.31. The van der Waals surface area contributed by atoms with Crippen molar-refractivity contribution in [3.8, 4) is 0 Å². The fourth-order valence-electron chi connectivity index (χ4n) is 2.07. The van der Waals surface area contributed by atoms with Crippen LogP contribution in [0.3, 0.4) is 0 Å². The van der Waals surface area contributed by atoms with E-state index < -0.39 is 10.2 Å². The molecule has 0 heterocycles. The van der Waals surface area contributed by atoms with Crippen LogP contribution in [0, 0.1) is 0 Å². The lowest BCUT2D eigenvalue weighted by Crippen LogP contribution is -2.45. The zero-order chi connectivity index (χ0) is 11.3. The first-order valence-electron chi connectivity index (χ1n) is 5.87. The van der Waals surface area contributed by atoms with Crippen LogP contribution in [0.5, 0.6) is 0 Å². The molecule has 0 bridgehead atoms. The van der Waals surface area contributed by atoms with Gasteiger partial charge in [0.2, 0.25) is 0 Å². The third-order valence-corrected chi connectivity index (χ3v) is 4.79. The fourth-order valence-corrected chi connectivity index (χ4v) is 3.55. The van der Waals surface area contributed by atoms with Crippen LogP contribution in [0.25, 0.3) is 0 Å². The highest BCUT2D eigenvalue weighted by Gasteiger charge is 2.23. The summed E-state index contributed by atoms with van der Waals surface area (Å²) in [6, 6.07) is 0.157. The Morgan fingerprint density at radius 1 is 1.13 bits per heavy atom. The first kappa shape index (κ1) is 12.9. The molecule has 4 nitrogen and oxygen atoms in total. The Kier molecular flexibility index (Phi) is 5.02. The maximum atomic E-state index is 11.9. The van der Waals surface area contributed by atoms with Crippen molar-refractivity contribution < 1.29 is 8.42 Å². The SMILES string of the molecule is CCN(CC)S(=O)(=O)NC1CCCCC1. The van der Waals surface area contributed by atoms with Crippen LogP contribution < -0.4 is 4.72 Å². The largest absolute Gasteiger partial charge is 0.279 e. The third-order valence-electron chi connectivity index (χ3n) is 2.97. The van der Waals surface area contributed by atoms with Crippen LogP contribution >= 0.6 is 0 Å². The van der Waals surface area contributed by atoms with Crippen molar-refractivity contribution in [2.75, 3.05) is 13.1 Å². The maximum Gasteiger partial charge on any atom is 0.279 e. The predicted octanol–water partition coefficient (Wildman–Crippen LogP) is 1.50. The quantitative estimate of drug-likeness (QED) is 0.783. The van der Waals surface area contributed by atoms with Gasteiger partial charge in [-0.1, -0.05) is 33.1 Å². The van der Waals surface area contributed by atoms with E-state index >= 15 is 0 Å². The summed E-state index contributed by atoms with van der Waals surface area (Å²) < 4.78 is 28.0. The molecule has 90 valence electrons. The van der Waals surface area contributed by atoms with Crippen LogP contribution in [0.4, 0.5) is 0 Å². The second-order valence-electron chi connectivity index (χ2n) is 4.04. The van der Waals surface area contributed by atoms with Gasteiger partial charge < -0.3 is 0 Å². The van der Waals surface area contributed by atoms with Gasteiger partial charge in [0, 0.05) is 19.1 Å². The van der Waals surface area contributed by atoms with E-state index in [0.717, 1.165) is 25.7 Å². The molecule has 0 saturated heterocycles. The van der Waals surface area contributed by atoms with Gasteiger partial charge >= 0.3 is 0 Å². The van der Waals surface area contributed by atoms with E-state index in [1.165, 1.54) is 10.7 Å². The van der Waals surface area contributed by atoms with Gasteiger partial charge in [-0.25, -0.2) is 0 Å². The first-order chi connectivity index (χ1) is 7.10. The Hall–Kier alpha value is -0.130. The summed E-state index contributed by atoms with van der Waals surface area (Å²) in [5.41, 5.74) is 0. The molecule has 15 heavy (non-hydrogen) atoms. The van der Waals surface area contributed by atoms with Gasteiger partial charge in [0.25, 0.3) is 10.2 Å². The Balaban J connectivity index is 2.54. The number of hydrogen-bond donors (Lipinski definition) is 1. The molecule has 0 aliphatic heterocycles. The van der Waals surface area contributed by atoms with Crippen molar-refractivity contribution >= 4 is 10.2 Å². The molecule has 0 radical (unpaired) electrons. The predicted molar refractivity (Wildman–Crippen MR) is 61.8 cm³/mol. The summed E-state index contributed by atoms with van der Waals surface area (Å²) >= 11 is 0. The summed E-state index contributed by atoms with van der Waals surface area (Å²) in [6.45, 7) is 4.81. The standard InChI is InChI=1S/C10H22N2O2S/c1-3-12(4-2)15(13,14)11-10-8-6-5-7-9-10/h10-11H,3-9H2,1-2H3. The lowest BCUT2D eigenvalue weighted by molar-refractivity contribution is 0.383. The zero-order valence-corrected chi connectivity index (χ0v) is 10.5. The average molecular weight is 234 g/mol. The van der Waals surface area contributed by atoms with Gasteiger partial charge in [0.05, 0.1) is 0 Å².